The Kier molecular flexibility index (Phi) is 32.5. The topological polar surface area (TPSA) is 83.9 Å². The molecule has 0 aromatic rings. The quantitative estimate of drug-likeness (QED) is 0.0235. The zero-order valence-electron chi connectivity index (χ0n) is 32.2. The molecule has 0 unspecified atom stereocenters. The maximum Gasteiger partial charge on any atom is 0.320 e. The predicted octanol–water partition coefficient (Wildman–Crippen LogP) is 11.3. The lowest BCUT2D eigenvalue weighted by molar-refractivity contribution is -0.174. The fourth-order valence-corrected chi connectivity index (χ4v) is 5.69. The number of aliphatic hydroxyl groups is 1. The smallest absolute Gasteiger partial charge is 0.320 e. The molecule has 6 heteroatoms. The highest BCUT2D eigenvalue weighted by molar-refractivity contribution is 6.09. The molecule has 0 amide bonds. The first-order chi connectivity index (χ1) is 23.8. The number of Topliss-reactive ketones (excluding diaryl/α,β-unsaturated/α-hetero) is 2. The minimum absolute atomic E-state index is 0.114. The zero-order valence-corrected chi connectivity index (χ0v) is 32.2. The first kappa shape index (κ1) is 46.7. The van der Waals surface area contributed by atoms with Crippen LogP contribution in [0.25, 0.3) is 0 Å². The maximum absolute atomic E-state index is 13.3. The van der Waals surface area contributed by atoms with E-state index in [-0.39, 0.29) is 26.0 Å². The van der Waals surface area contributed by atoms with Crippen LogP contribution in [-0.4, -0.2) is 53.5 Å². The van der Waals surface area contributed by atoms with Crippen LogP contribution in [-0.2, 0) is 19.1 Å². The molecule has 0 radical (unpaired) electrons. The molecule has 6 nitrogen and oxygen atoms in total. The van der Waals surface area contributed by atoms with Crippen molar-refractivity contribution in [3.05, 3.63) is 48.6 Å². The van der Waals surface area contributed by atoms with Gasteiger partial charge in [0.2, 0.25) is 5.72 Å². The number of ketones is 2. The number of carbonyl (C=O) groups excluding carboxylic acids is 3. The van der Waals surface area contributed by atoms with Crippen LogP contribution in [0.15, 0.2) is 48.6 Å². The lowest BCUT2D eigenvalue weighted by Crippen LogP contribution is -2.60. The van der Waals surface area contributed by atoms with Gasteiger partial charge in [0.15, 0.2) is 11.6 Å². The van der Waals surface area contributed by atoms with Crippen molar-refractivity contribution in [2.24, 2.45) is 0 Å². The van der Waals surface area contributed by atoms with Crippen LogP contribution in [0, 0.1) is 0 Å². The van der Waals surface area contributed by atoms with Gasteiger partial charge in [0.1, 0.15) is 0 Å². The van der Waals surface area contributed by atoms with Gasteiger partial charge < -0.3 is 9.84 Å². The Hall–Kier alpha value is -2.31. The van der Waals surface area contributed by atoms with Gasteiger partial charge in [-0.3, -0.25) is 19.3 Å². The molecule has 0 bridgehead atoms. The van der Waals surface area contributed by atoms with Crippen LogP contribution in [0.4, 0.5) is 0 Å². The standard InChI is InChI=1S/C43H75NO5/c1-5-8-10-12-14-16-18-20-22-24-26-28-30-32-34-36-40(45)43(48,44(4)39-42(47)49-38-7-3)41(46)37-35-33-31-29-27-25-23-21-19-17-15-13-11-9-6-2/h14-17,20-23,48H,5-13,18-19,24-39H2,1-4H3/b16-14-,17-15-,22-20-,23-21-. The van der Waals surface area contributed by atoms with E-state index in [1.165, 1.54) is 63.3 Å². The summed E-state index contributed by atoms with van der Waals surface area (Å²) in [6.07, 6.45) is 42.5. The van der Waals surface area contributed by atoms with Crippen LogP contribution in [0.2, 0.25) is 0 Å². The van der Waals surface area contributed by atoms with Crippen molar-refractivity contribution in [2.45, 2.75) is 187 Å². The average molecular weight is 686 g/mol. The number of nitrogens with zero attached hydrogens (tertiary/aromatic N) is 1. The van der Waals surface area contributed by atoms with Gasteiger partial charge in [-0.25, -0.2) is 0 Å². The van der Waals surface area contributed by atoms with E-state index in [2.05, 4.69) is 62.5 Å². The number of hydrogen-bond acceptors (Lipinski definition) is 6. The fourth-order valence-electron chi connectivity index (χ4n) is 5.69. The second-order valence-electron chi connectivity index (χ2n) is 13.6. The Labute approximate surface area is 301 Å². The Morgan fingerprint density at radius 3 is 1.29 bits per heavy atom. The Bertz CT molecular complexity index is 877. The summed E-state index contributed by atoms with van der Waals surface area (Å²) in [6, 6.07) is 0. The van der Waals surface area contributed by atoms with E-state index in [1.54, 1.807) is 0 Å². The third-order valence-corrected chi connectivity index (χ3v) is 8.87. The van der Waals surface area contributed by atoms with Crippen molar-refractivity contribution >= 4 is 17.5 Å². The van der Waals surface area contributed by atoms with Crippen LogP contribution >= 0.6 is 0 Å². The second-order valence-corrected chi connectivity index (χ2v) is 13.6. The van der Waals surface area contributed by atoms with E-state index < -0.39 is 23.3 Å². The van der Waals surface area contributed by atoms with E-state index in [0.717, 1.165) is 77.0 Å². The highest BCUT2D eigenvalue weighted by Gasteiger charge is 2.46. The molecule has 0 aromatic heterocycles. The first-order valence-electron chi connectivity index (χ1n) is 20.1. The van der Waals surface area contributed by atoms with Crippen LogP contribution in [0.1, 0.15) is 181 Å². The third-order valence-electron chi connectivity index (χ3n) is 8.87. The minimum atomic E-state index is -2.30. The number of carbonyl (C=O) groups is 3. The van der Waals surface area contributed by atoms with Gasteiger partial charge in [-0.05, 0) is 90.5 Å². The predicted molar refractivity (Wildman–Crippen MR) is 208 cm³/mol. The van der Waals surface area contributed by atoms with E-state index in [4.69, 9.17) is 4.74 Å². The van der Waals surface area contributed by atoms with Gasteiger partial charge in [-0.2, -0.15) is 0 Å². The molecule has 49 heavy (non-hydrogen) atoms. The number of rotatable bonds is 35. The Morgan fingerprint density at radius 1 is 0.531 bits per heavy atom. The molecule has 0 spiro atoms. The summed E-state index contributed by atoms with van der Waals surface area (Å²) in [4.78, 5) is 40.2. The number of hydrogen-bond donors (Lipinski definition) is 1. The summed E-state index contributed by atoms with van der Waals surface area (Å²) < 4.78 is 5.17. The molecule has 0 heterocycles. The van der Waals surface area contributed by atoms with Gasteiger partial charge in [-0.15, -0.1) is 0 Å². The molecule has 1 N–H and O–H groups in total. The SMILES string of the molecule is CCCCC/C=C\C/C=C\CCCCCCCC(=O)C(O)(C(=O)CCCCCCC/C=C\C/C=C\CCCCC)N(C)CC(=O)OCCC. The summed E-state index contributed by atoms with van der Waals surface area (Å²) in [5, 5.41) is 11.5. The van der Waals surface area contributed by atoms with Gasteiger partial charge in [-0.1, -0.05) is 134 Å². The summed E-state index contributed by atoms with van der Waals surface area (Å²) in [7, 11) is 1.47. The molecule has 282 valence electrons. The molecule has 0 aromatic carbocycles. The van der Waals surface area contributed by atoms with Crippen molar-refractivity contribution in [1.82, 2.24) is 4.90 Å². The lowest BCUT2D eigenvalue weighted by atomic mass is 9.92. The molecular formula is C43H75NO5. The maximum atomic E-state index is 13.3. The molecule has 0 fully saturated rings. The van der Waals surface area contributed by atoms with E-state index in [0.29, 0.717) is 19.3 Å². The van der Waals surface area contributed by atoms with Gasteiger partial charge >= 0.3 is 5.97 Å². The zero-order chi connectivity index (χ0) is 36.3. The highest BCUT2D eigenvalue weighted by atomic mass is 16.5. The van der Waals surface area contributed by atoms with Crippen molar-refractivity contribution in [3.8, 4) is 0 Å². The number of unbranched alkanes of at least 4 members (excludes halogenated alkanes) is 16. The second kappa shape index (κ2) is 34.2. The molecule has 0 rings (SSSR count). The molecular weight excluding hydrogens is 610 g/mol. The summed E-state index contributed by atoms with van der Waals surface area (Å²) in [5.41, 5.74) is -2.30. The molecule has 0 saturated carbocycles. The molecule has 0 aliphatic heterocycles. The van der Waals surface area contributed by atoms with E-state index >= 15 is 0 Å². The largest absolute Gasteiger partial charge is 0.465 e. The van der Waals surface area contributed by atoms with Gasteiger partial charge in [0.05, 0.1) is 13.2 Å². The normalized spacial score (nSPS) is 12.4. The fraction of sp³-hybridized carbons (Fsp3) is 0.744. The third kappa shape index (κ3) is 26.2. The number of likely N-dealkylation sites (N-methyl/N-ethyl adjacent to an activating group) is 1. The average Bonchev–Trinajstić information content (AvgIpc) is 3.09. The van der Waals surface area contributed by atoms with Crippen molar-refractivity contribution in [1.29, 1.82) is 0 Å². The summed E-state index contributed by atoms with van der Waals surface area (Å²) in [5.74, 6) is -1.58. The minimum Gasteiger partial charge on any atom is -0.465 e. The Morgan fingerprint density at radius 2 is 0.898 bits per heavy atom. The monoisotopic (exact) mass is 686 g/mol. The van der Waals surface area contributed by atoms with E-state index in [1.807, 2.05) is 6.92 Å². The van der Waals surface area contributed by atoms with Crippen molar-refractivity contribution < 1.29 is 24.2 Å². The van der Waals surface area contributed by atoms with E-state index in [9.17, 15) is 19.5 Å². The first-order valence-corrected chi connectivity index (χ1v) is 20.1. The number of allylic oxidation sites excluding steroid dienone is 8. The molecule has 0 aliphatic rings. The molecule has 0 aliphatic carbocycles. The van der Waals surface area contributed by atoms with Crippen LogP contribution in [0.3, 0.4) is 0 Å². The summed E-state index contributed by atoms with van der Waals surface area (Å²) >= 11 is 0. The van der Waals surface area contributed by atoms with Crippen LogP contribution in [0.5, 0.6) is 0 Å². The summed E-state index contributed by atoms with van der Waals surface area (Å²) in [6.45, 7) is 6.32. The number of ether oxygens (including phenoxy) is 1. The lowest BCUT2D eigenvalue weighted by Gasteiger charge is -2.34. The number of esters is 1. The molecule has 0 atom stereocenters. The van der Waals surface area contributed by atoms with Crippen LogP contribution < -0.4 is 0 Å². The van der Waals surface area contributed by atoms with Gasteiger partial charge in [0.25, 0.3) is 0 Å². The van der Waals surface area contributed by atoms with Gasteiger partial charge in [0, 0.05) is 12.8 Å². The Balaban J connectivity index is 4.54. The highest BCUT2D eigenvalue weighted by Crippen LogP contribution is 2.22. The van der Waals surface area contributed by atoms with Crippen molar-refractivity contribution in [3.63, 3.8) is 0 Å². The van der Waals surface area contributed by atoms with Crippen molar-refractivity contribution in [2.75, 3.05) is 20.2 Å². The molecule has 0 saturated heterocycles.